The van der Waals surface area contributed by atoms with E-state index in [1.165, 1.54) is 11.1 Å². The smallest absolute Gasteiger partial charge is 0.254 e. The molecule has 0 aliphatic heterocycles. The summed E-state index contributed by atoms with van der Waals surface area (Å²) < 4.78 is 0. The van der Waals surface area contributed by atoms with Gasteiger partial charge in [-0.25, -0.2) is 0 Å². The Morgan fingerprint density at radius 1 is 0.783 bits per heavy atom. The molecule has 0 spiro atoms. The molecule has 0 saturated carbocycles. The Labute approximate surface area is 140 Å². The van der Waals surface area contributed by atoms with Crippen molar-refractivity contribution in [2.75, 3.05) is 0 Å². The minimum absolute atomic E-state index is 0.115. The first-order chi connectivity index (χ1) is 11.0. The third kappa shape index (κ3) is 4.69. The van der Waals surface area contributed by atoms with Crippen LogP contribution in [-0.4, -0.2) is 22.9 Å². The number of aryl methyl sites for hydroxylation is 2. The van der Waals surface area contributed by atoms with Crippen molar-refractivity contribution < 1.29 is 4.79 Å². The molecule has 2 nitrogen and oxygen atoms in total. The molecule has 2 heteroatoms. The summed E-state index contributed by atoms with van der Waals surface area (Å²) in [6.45, 7) is 8.25. The number of carbonyl (C=O) groups is 1. The maximum Gasteiger partial charge on any atom is 0.254 e. The largest absolute Gasteiger partial charge is 0.334 e. The van der Waals surface area contributed by atoms with Gasteiger partial charge in [-0.3, -0.25) is 4.79 Å². The van der Waals surface area contributed by atoms with Crippen LogP contribution < -0.4 is 0 Å². The lowest BCUT2D eigenvalue weighted by atomic mass is 10.0. The lowest BCUT2D eigenvalue weighted by molar-refractivity contribution is 0.0643. The van der Waals surface area contributed by atoms with Crippen molar-refractivity contribution in [3.05, 3.63) is 71.3 Å². The highest BCUT2D eigenvalue weighted by Gasteiger charge is 2.21. The van der Waals surface area contributed by atoms with E-state index in [0.29, 0.717) is 0 Å². The van der Waals surface area contributed by atoms with Gasteiger partial charge in [0.05, 0.1) is 0 Å². The molecule has 23 heavy (non-hydrogen) atoms. The number of hydrogen-bond donors (Lipinski definition) is 0. The topological polar surface area (TPSA) is 20.3 Å². The first-order valence-electron chi connectivity index (χ1n) is 8.44. The lowest BCUT2D eigenvalue weighted by Gasteiger charge is -2.30. The second-order valence-electron chi connectivity index (χ2n) is 6.58. The van der Waals surface area contributed by atoms with Gasteiger partial charge in [0.2, 0.25) is 0 Å². The fraction of sp³-hybridized carbons (Fsp3) is 0.381. The maximum absolute atomic E-state index is 12.6. The van der Waals surface area contributed by atoms with Crippen LogP contribution in [0.15, 0.2) is 54.6 Å². The van der Waals surface area contributed by atoms with Gasteiger partial charge < -0.3 is 4.90 Å². The zero-order valence-electron chi connectivity index (χ0n) is 14.6. The highest BCUT2D eigenvalue weighted by molar-refractivity contribution is 5.94. The molecular weight excluding hydrogens is 282 g/mol. The second kappa shape index (κ2) is 7.96. The maximum atomic E-state index is 12.6. The Bertz CT molecular complexity index is 606. The van der Waals surface area contributed by atoms with Gasteiger partial charge in [0, 0.05) is 17.6 Å². The average Bonchev–Trinajstić information content (AvgIpc) is 2.53. The molecule has 0 N–H and O–H groups in total. The Morgan fingerprint density at radius 3 is 1.74 bits per heavy atom. The number of hydrogen-bond acceptors (Lipinski definition) is 1. The fourth-order valence-corrected chi connectivity index (χ4v) is 2.96. The van der Waals surface area contributed by atoms with E-state index in [2.05, 4.69) is 64.1 Å². The van der Waals surface area contributed by atoms with Gasteiger partial charge in [-0.2, -0.15) is 0 Å². The van der Waals surface area contributed by atoms with Crippen LogP contribution in [0.1, 0.15) is 49.2 Å². The summed E-state index contributed by atoms with van der Waals surface area (Å²) in [5, 5.41) is 0. The van der Waals surface area contributed by atoms with Crippen molar-refractivity contribution in [2.45, 2.75) is 52.6 Å². The summed E-state index contributed by atoms with van der Waals surface area (Å²) in [5.41, 5.74) is 3.39. The molecule has 2 aromatic carbocycles. The van der Waals surface area contributed by atoms with E-state index in [4.69, 9.17) is 0 Å². The average molecular weight is 309 g/mol. The molecule has 122 valence electrons. The van der Waals surface area contributed by atoms with Crippen molar-refractivity contribution in [3.8, 4) is 0 Å². The Hall–Kier alpha value is -2.09. The minimum Gasteiger partial charge on any atom is -0.334 e. The molecule has 2 rings (SSSR count). The first-order valence-corrected chi connectivity index (χ1v) is 8.44. The zero-order valence-corrected chi connectivity index (χ0v) is 14.6. The third-order valence-corrected chi connectivity index (χ3v) is 4.09. The van der Waals surface area contributed by atoms with Gasteiger partial charge in [0.1, 0.15) is 0 Å². The molecule has 0 saturated heterocycles. The molecular formula is C21H27NO. The van der Waals surface area contributed by atoms with Crippen molar-refractivity contribution >= 4 is 5.91 Å². The lowest BCUT2D eigenvalue weighted by Crippen LogP contribution is -2.42. The number of carbonyl (C=O) groups excluding carboxylic acids is 1. The van der Waals surface area contributed by atoms with Crippen LogP contribution in [-0.2, 0) is 12.8 Å². The molecule has 1 amide bonds. The van der Waals surface area contributed by atoms with Gasteiger partial charge >= 0.3 is 0 Å². The molecule has 0 atom stereocenters. The molecule has 0 fully saturated rings. The number of rotatable bonds is 6. The second-order valence-corrected chi connectivity index (χ2v) is 6.58. The van der Waals surface area contributed by atoms with E-state index in [1.807, 2.05) is 23.1 Å². The summed E-state index contributed by atoms with van der Waals surface area (Å²) in [6, 6.07) is 19.0. The van der Waals surface area contributed by atoms with Crippen LogP contribution >= 0.6 is 0 Å². The molecule has 0 aliphatic carbocycles. The SMILES string of the molecule is CC(C)N(C(=O)c1ccc(CCc2ccccc2)cc1)C(C)C. The highest BCUT2D eigenvalue weighted by Crippen LogP contribution is 2.14. The van der Waals surface area contributed by atoms with E-state index in [1.54, 1.807) is 0 Å². The van der Waals surface area contributed by atoms with E-state index in [9.17, 15) is 4.79 Å². The number of benzene rings is 2. The normalized spacial score (nSPS) is 11.0. The molecule has 0 bridgehead atoms. The van der Waals surface area contributed by atoms with Crippen molar-refractivity contribution in [2.24, 2.45) is 0 Å². The van der Waals surface area contributed by atoms with E-state index < -0.39 is 0 Å². The predicted octanol–water partition coefficient (Wildman–Crippen LogP) is 4.73. The standard InChI is InChI=1S/C21H27NO/c1-16(2)22(17(3)4)21(23)20-14-12-19(13-15-20)11-10-18-8-6-5-7-9-18/h5-9,12-17H,10-11H2,1-4H3. The Morgan fingerprint density at radius 2 is 1.26 bits per heavy atom. The van der Waals surface area contributed by atoms with Gasteiger partial charge in [-0.05, 0) is 63.8 Å². The van der Waals surface area contributed by atoms with Crippen LogP contribution in [0.25, 0.3) is 0 Å². The van der Waals surface area contributed by atoms with Gasteiger partial charge in [0.15, 0.2) is 0 Å². The van der Waals surface area contributed by atoms with Crippen LogP contribution in [0.3, 0.4) is 0 Å². The summed E-state index contributed by atoms with van der Waals surface area (Å²) in [5.74, 6) is 0.115. The number of nitrogens with zero attached hydrogens (tertiary/aromatic N) is 1. The molecule has 0 unspecified atom stereocenters. The van der Waals surface area contributed by atoms with Gasteiger partial charge in [-0.1, -0.05) is 42.5 Å². The van der Waals surface area contributed by atoms with Crippen LogP contribution in [0.5, 0.6) is 0 Å². The zero-order chi connectivity index (χ0) is 16.8. The van der Waals surface area contributed by atoms with Crippen LogP contribution in [0.2, 0.25) is 0 Å². The Balaban J connectivity index is 2.02. The van der Waals surface area contributed by atoms with Crippen LogP contribution in [0, 0.1) is 0 Å². The summed E-state index contributed by atoms with van der Waals surface area (Å²) >= 11 is 0. The van der Waals surface area contributed by atoms with E-state index >= 15 is 0 Å². The Kier molecular flexibility index (Phi) is 5.97. The first kappa shape index (κ1) is 17.3. The number of amides is 1. The fourth-order valence-electron chi connectivity index (χ4n) is 2.96. The molecule has 2 aromatic rings. The summed E-state index contributed by atoms with van der Waals surface area (Å²) in [4.78, 5) is 14.6. The summed E-state index contributed by atoms with van der Waals surface area (Å²) in [7, 11) is 0. The predicted molar refractivity (Wildman–Crippen MR) is 96.7 cm³/mol. The monoisotopic (exact) mass is 309 g/mol. The van der Waals surface area contributed by atoms with Gasteiger partial charge in [-0.15, -0.1) is 0 Å². The highest BCUT2D eigenvalue weighted by atomic mass is 16.2. The molecule has 0 heterocycles. The van der Waals surface area contributed by atoms with Crippen molar-refractivity contribution in [1.29, 1.82) is 0 Å². The summed E-state index contributed by atoms with van der Waals surface area (Å²) in [6.07, 6.45) is 2.02. The van der Waals surface area contributed by atoms with Crippen molar-refractivity contribution in [3.63, 3.8) is 0 Å². The molecule has 0 radical (unpaired) electrons. The van der Waals surface area contributed by atoms with E-state index in [-0.39, 0.29) is 18.0 Å². The molecule has 0 aliphatic rings. The van der Waals surface area contributed by atoms with Gasteiger partial charge in [0.25, 0.3) is 5.91 Å². The van der Waals surface area contributed by atoms with Crippen LogP contribution in [0.4, 0.5) is 0 Å². The quantitative estimate of drug-likeness (QED) is 0.755. The van der Waals surface area contributed by atoms with Crippen molar-refractivity contribution in [1.82, 2.24) is 4.90 Å². The third-order valence-electron chi connectivity index (χ3n) is 4.09. The minimum atomic E-state index is 0.115. The van der Waals surface area contributed by atoms with E-state index in [0.717, 1.165) is 18.4 Å². The molecule has 0 aromatic heterocycles.